The molecule has 0 bridgehead atoms. The summed E-state index contributed by atoms with van der Waals surface area (Å²) in [6, 6.07) is 3.87. The minimum atomic E-state index is -0.204. The van der Waals surface area contributed by atoms with Gasteiger partial charge in [-0.2, -0.15) is 10.2 Å². The molecule has 0 fully saturated rings. The van der Waals surface area contributed by atoms with E-state index in [-0.39, 0.29) is 11.9 Å². The summed E-state index contributed by atoms with van der Waals surface area (Å²) < 4.78 is 3.44. The Morgan fingerprint density at radius 1 is 1.24 bits per heavy atom. The number of aromatic nitrogens is 6. The zero-order valence-corrected chi connectivity index (χ0v) is 17.1. The molecule has 0 saturated carbocycles. The number of rotatable bonds is 5. The standard InChI is InChI=1S/C20H20ClN7O/c1-12(2)25-20(29)18-16-11-27(26-17(16)4-5-22-18)9-14-6-13(3)19(23-7-14)28-10-15(21)8-24-28/h4-8,10-12H,9H2,1-3H3,(H,25,29). The number of amides is 1. The Morgan fingerprint density at radius 2 is 2.07 bits per heavy atom. The van der Waals surface area contributed by atoms with Crippen molar-refractivity contribution >= 4 is 28.4 Å². The minimum absolute atomic E-state index is 0.0341. The van der Waals surface area contributed by atoms with Crippen molar-refractivity contribution in [3.8, 4) is 5.82 Å². The molecule has 9 heteroatoms. The van der Waals surface area contributed by atoms with Crippen molar-refractivity contribution in [2.24, 2.45) is 0 Å². The molecule has 1 amide bonds. The zero-order valence-electron chi connectivity index (χ0n) is 16.3. The maximum atomic E-state index is 12.4. The Hall–Kier alpha value is -3.26. The van der Waals surface area contributed by atoms with E-state index in [2.05, 4.69) is 25.5 Å². The number of nitrogens with one attached hydrogen (secondary N) is 1. The third-order valence-corrected chi connectivity index (χ3v) is 4.53. The van der Waals surface area contributed by atoms with Crippen LogP contribution in [0.25, 0.3) is 16.7 Å². The highest BCUT2D eigenvalue weighted by molar-refractivity contribution is 6.30. The molecule has 4 heterocycles. The van der Waals surface area contributed by atoms with Crippen LogP contribution < -0.4 is 5.32 Å². The highest BCUT2D eigenvalue weighted by Crippen LogP contribution is 2.18. The summed E-state index contributed by atoms with van der Waals surface area (Å²) in [5.74, 6) is 0.521. The lowest BCUT2D eigenvalue weighted by atomic mass is 10.2. The van der Waals surface area contributed by atoms with Gasteiger partial charge in [0, 0.05) is 24.6 Å². The van der Waals surface area contributed by atoms with Crippen LogP contribution in [0.2, 0.25) is 5.02 Å². The number of nitrogens with zero attached hydrogens (tertiary/aromatic N) is 6. The number of hydrogen-bond acceptors (Lipinski definition) is 5. The largest absolute Gasteiger partial charge is 0.349 e. The molecular formula is C20H20ClN7O. The highest BCUT2D eigenvalue weighted by Gasteiger charge is 2.15. The predicted molar refractivity (Wildman–Crippen MR) is 110 cm³/mol. The van der Waals surface area contributed by atoms with Crippen LogP contribution in [-0.2, 0) is 6.54 Å². The van der Waals surface area contributed by atoms with E-state index in [0.717, 1.165) is 27.8 Å². The van der Waals surface area contributed by atoms with Crippen LogP contribution in [0.4, 0.5) is 0 Å². The second kappa shape index (κ2) is 7.63. The Labute approximate surface area is 172 Å². The van der Waals surface area contributed by atoms with Crippen LogP contribution >= 0.6 is 11.6 Å². The summed E-state index contributed by atoms with van der Waals surface area (Å²) >= 11 is 5.95. The smallest absolute Gasteiger partial charge is 0.270 e. The fourth-order valence-corrected chi connectivity index (χ4v) is 3.28. The molecule has 0 atom stereocenters. The third kappa shape index (κ3) is 3.97. The molecular weight excluding hydrogens is 390 g/mol. The lowest BCUT2D eigenvalue weighted by Crippen LogP contribution is -2.30. The molecule has 29 heavy (non-hydrogen) atoms. The monoisotopic (exact) mass is 409 g/mol. The van der Waals surface area contributed by atoms with Gasteiger partial charge in [0.25, 0.3) is 5.91 Å². The molecule has 0 unspecified atom stereocenters. The molecule has 148 valence electrons. The fraction of sp³-hybridized carbons (Fsp3) is 0.250. The predicted octanol–water partition coefficient (Wildman–Crippen LogP) is 3.16. The van der Waals surface area contributed by atoms with E-state index in [1.165, 1.54) is 0 Å². The molecule has 4 aromatic rings. The van der Waals surface area contributed by atoms with Gasteiger partial charge in [-0.1, -0.05) is 11.6 Å². The van der Waals surface area contributed by atoms with E-state index < -0.39 is 0 Å². The van der Waals surface area contributed by atoms with Crippen LogP contribution in [0.1, 0.15) is 35.5 Å². The number of pyridine rings is 2. The number of carbonyl (C=O) groups is 1. The van der Waals surface area contributed by atoms with E-state index in [0.29, 0.717) is 17.3 Å². The van der Waals surface area contributed by atoms with Gasteiger partial charge in [0.15, 0.2) is 5.82 Å². The van der Waals surface area contributed by atoms with Gasteiger partial charge in [0.1, 0.15) is 5.69 Å². The lowest BCUT2D eigenvalue weighted by molar-refractivity contribution is 0.0940. The molecule has 0 aliphatic rings. The molecule has 8 nitrogen and oxygen atoms in total. The summed E-state index contributed by atoms with van der Waals surface area (Å²) in [6.07, 6.45) is 8.52. The number of aryl methyl sites for hydroxylation is 1. The maximum absolute atomic E-state index is 12.4. The Morgan fingerprint density at radius 3 is 2.76 bits per heavy atom. The lowest BCUT2D eigenvalue weighted by Gasteiger charge is -2.08. The first-order valence-corrected chi connectivity index (χ1v) is 9.57. The number of fused-ring (bicyclic) bond motifs is 1. The van der Waals surface area contributed by atoms with Gasteiger partial charge in [-0.3, -0.25) is 14.5 Å². The normalized spacial score (nSPS) is 11.3. The van der Waals surface area contributed by atoms with Crippen molar-refractivity contribution in [3.05, 3.63) is 65.0 Å². The van der Waals surface area contributed by atoms with E-state index in [1.54, 1.807) is 40.2 Å². The summed E-state index contributed by atoms with van der Waals surface area (Å²) in [4.78, 5) is 21.2. The maximum Gasteiger partial charge on any atom is 0.270 e. The molecule has 0 aliphatic carbocycles. The van der Waals surface area contributed by atoms with Crippen molar-refractivity contribution in [3.63, 3.8) is 0 Å². The molecule has 0 spiro atoms. The molecule has 0 aromatic carbocycles. The van der Waals surface area contributed by atoms with Gasteiger partial charge < -0.3 is 5.32 Å². The topological polar surface area (TPSA) is 90.5 Å². The molecule has 0 saturated heterocycles. The van der Waals surface area contributed by atoms with Crippen LogP contribution in [0, 0.1) is 6.92 Å². The Kier molecular flexibility index (Phi) is 5.02. The average molecular weight is 410 g/mol. The first-order valence-electron chi connectivity index (χ1n) is 9.20. The van der Waals surface area contributed by atoms with Crippen molar-refractivity contribution in [2.75, 3.05) is 0 Å². The summed E-state index contributed by atoms with van der Waals surface area (Å²) in [6.45, 7) is 6.32. The number of hydrogen-bond donors (Lipinski definition) is 1. The van der Waals surface area contributed by atoms with Gasteiger partial charge in [-0.15, -0.1) is 0 Å². The summed E-state index contributed by atoms with van der Waals surface area (Å²) in [5.41, 5.74) is 3.06. The van der Waals surface area contributed by atoms with Crippen LogP contribution in [0.5, 0.6) is 0 Å². The van der Waals surface area contributed by atoms with E-state index in [4.69, 9.17) is 11.6 Å². The Bertz CT molecular complexity index is 1190. The quantitative estimate of drug-likeness (QED) is 0.546. The molecule has 4 aromatic heterocycles. The molecule has 0 aliphatic heterocycles. The van der Waals surface area contributed by atoms with Gasteiger partial charge >= 0.3 is 0 Å². The summed E-state index contributed by atoms with van der Waals surface area (Å²) in [7, 11) is 0. The molecule has 1 N–H and O–H groups in total. The van der Waals surface area contributed by atoms with Crippen molar-refractivity contribution in [1.29, 1.82) is 0 Å². The van der Waals surface area contributed by atoms with E-state index >= 15 is 0 Å². The summed E-state index contributed by atoms with van der Waals surface area (Å²) in [5, 5.41) is 12.9. The second-order valence-electron chi connectivity index (χ2n) is 7.13. The van der Waals surface area contributed by atoms with E-state index in [9.17, 15) is 4.79 Å². The molecule has 4 rings (SSSR count). The highest BCUT2D eigenvalue weighted by atomic mass is 35.5. The van der Waals surface area contributed by atoms with Crippen LogP contribution in [0.15, 0.2) is 43.1 Å². The van der Waals surface area contributed by atoms with Gasteiger partial charge in [-0.05, 0) is 44.0 Å². The SMILES string of the molecule is Cc1cc(Cn2cc3c(C(=O)NC(C)C)nccc3n2)cnc1-n1cc(Cl)cn1. The van der Waals surface area contributed by atoms with Crippen LogP contribution in [-0.4, -0.2) is 41.5 Å². The zero-order chi connectivity index (χ0) is 20.5. The molecule has 0 radical (unpaired) electrons. The van der Waals surface area contributed by atoms with Crippen molar-refractivity contribution in [1.82, 2.24) is 34.8 Å². The third-order valence-electron chi connectivity index (χ3n) is 4.34. The minimum Gasteiger partial charge on any atom is -0.349 e. The first kappa shape index (κ1) is 19.1. The fourth-order valence-electron chi connectivity index (χ4n) is 3.14. The van der Waals surface area contributed by atoms with Crippen molar-refractivity contribution in [2.45, 2.75) is 33.4 Å². The average Bonchev–Trinajstić information content (AvgIpc) is 3.26. The van der Waals surface area contributed by atoms with Crippen molar-refractivity contribution < 1.29 is 4.79 Å². The van der Waals surface area contributed by atoms with E-state index in [1.807, 2.05) is 33.0 Å². The number of halogens is 1. The Balaban J connectivity index is 1.61. The second-order valence-corrected chi connectivity index (χ2v) is 7.57. The van der Waals surface area contributed by atoms with Gasteiger partial charge in [0.2, 0.25) is 0 Å². The van der Waals surface area contributed by atoms with Crippen LogP contribution in [0.3, 0.4) is 0 Å². The van der Waals surface area contributed by atoms with Gasteiger partial charge in [0.05, 0.1) is 34.9 Å². The van der Waals surface area contributed by atoms with Gasteiger partial charge in [-0.25, -0.2) is 9.67 Å². The first-order chi connectivity index (χ1) is 13.9. The number of carbonyl (C=O) groups excluding carboxylic acids is 1.